The molecular weight excluding hydrogens is 284 g/mol. The molecule has 0 aliphatic heterocycles. The zero-order valence-corrected chi connectivity index (χ0v) is 14.0. The van der Waals surface area contributed by atoms with Gasteiger partial charge < -0.3 is 14.9 Å². The zero-order valence-electron chi connectivity index (χ0n) is 14.0. The number of allylic oxidation sites excluding steroid dienone is 4. The Morgan fingerprint density at radius 1 is 1.14 bits per heavy atom. The molecule has 2 N–H and O–H groups in total. The van der Waals surface area contributed by atoms with E-state index in [4.69, 9.17) is 14.9 Å². The van der Waals surface area contributed by atoms with Crippen LogP contribution in [0, 0.1) is 5.92 Å². The van der Waals surface area contributed by atoms with E-state index in [-0.39, 0.29) is 12.4 Å². The lowest BCUT2D eigenvalue weighted by atomic mass is 9.98. The molecule has 0 radical (unpaired) electrons. The third kappa shape index (κ3) is 9.47. The highest BCUT2D eigenvalue weighted by molar-refractivity contribution is 5.97. The quantitative estimate of drug-likeness (QED) is 0.367. The Morgan fingerprint density at radius 3 is 2.27 bits per heavy atom. The van der Waals surface area contributed by atoms with E-state index in [9.17, 15) is 9.59 Å². The lowest BCUT2D eigenvalue weighted by molar-refractivity contribution is -0.154. The van der Waals surface area contributed by atoms with E-state index in [0.717, 1.165) is 18.4 Å². The number of hydrogen-bond acceptors (Lipinski definition) is 5. The third-order valence-electron chi connectivity index (χ3n) is 3.20. The van der Waals surface area contributed by atoms with Crippen LogP contribution >= 0.6 is 0 Å². The van der Waals surface area contributed by atoms with Crippen molar-refractivity contribution in [1.82, 2.24) is 0 Å². The van der Waals surface area contributed by atoms with Gasteiger partial charge >= 0.3 is 5.97 Å². The van der Waals surface area contributed by atoms with Crippen LogP contribution in [0.25, 0.3) is 0 Å². The Kier molecular flexibility index (Phi) is 10.4. The van der Waals surface area contributed by atoms with E-state index in [1.165, 1.54) is 12.5 Å². The lowest BCUT2D eigenvalue weighted by Gasteiger charge is -2.14. The van der Waals surface area contributed by atoms with Gasteiger partial charge in [0.2, 0.25) is 0 Å². The van der Waals surface area contributed by atoms with E-state index < -0.39 is 24.6 Å². The molecular formula is C17H28O5. The summed E-state index contributed by atoms with van der Waals surface area (Å²) in [6, 6.07) is 0. The maximum Gasteiger partial charge on any atom is 0.316 e. The fourth-order valence-corrected chi connectivity index (χ4v) is 1.77. The van der Waals surface area contributed by atoms with Crippen LogP contribution in [0.3, 0.4) is 0 Å². The predicted molar refractivity (Wildman–Crippen MR) is 85.3 cm³/mol. The molecule has 0 aliphatic carbocycles. The van der Waals surface area contributed by atoms with E-state index >= 15 is 0 Å². The Morgan fingerprint density at radius 2 is 1.77 bits per heavy atom. The first kappa shape index (κ1) is 20.5. The lowest BCUT2D eigenvalue weighted by Crippen LogP contribution is -2.28. The molecule has 0 rings (SSSR count). The number of aliphatic hydroxyl groups excluding tert-OH is 2. The molecule has 2 atom stereocenters. The maximum absolute atomic E-state index is 11.8. The number of carbonyl (C=O) groups is 2. The van der Waals surface area contributed by atoms with Crippen molar-refractivity contribution in [3.8, 4) is 0 Å². The van der Waals surface area contributed by atoms with Gasteiger partial charge in [-0.3, -0.25) is 9.59 Å². The van der Waals surface area contributed by atoms with E-state index in [0.29, 0.717) is 6.42 Å². The molecule has 22 heavy (non-hydrogen) atoms. The monoisotopic (exact) mass is 312 g/mol. The molecule has 0 amide bonds. The number of Topliss-reactive ketones (excluding diaryl/α,β-unsaturated/α-hetero) is 1. The van der Waals surface area contributed by atoms with E-state index in [1.54, 1.807) is 0 Å². The number of ketones is 1. The van der Waals surface area contributed by atoms with Crippen molar-refractivity contribution in [3.05, 3.63) is 23.3 Å². The van der Waals surface area contributed by atoms with Crippen LogP contribution in [0.5, 0.6) is 0 Å². The first-order chi connectivity index (χ1) is 10.3. The van der Waals surface area contributed by atoms with Crippen molar-refractivity contribution in [2.24, 2.45) is 5.92 Å². The Balaban J connectivity index is 4.48. The number of esters is 1. The van der Waals surface area contributed by atoms with Gasteiger partial charge in [0.25, 0.3) is 0 Å². The molecule has 0 fully saturated rings. The summed E-state index contributed by atoms with van der Waals surface area (Å²) in [5.41, 5.74) is 2.38. The van der Waals surface area contributed by atoms with Crippen LogP contribution in [0.4, 0.5) is 0 Å². The smallest absolute Gasteiger partial charge is 0.316 e. The molecule has 0 heterocycles. The van der Waals surface area contributed by atoms with Crippen molar-refractivity contribution in [2.45, 2.75) is 53.1 Å². The van der Waals surface area contributed by atoms with Gasteiger partial charge in [0, 0.05) is 0 Å². The molecule has 2 unspecified atom stereocenters. The Bertz CT molecular complexity index is 419. The summed E-state index contributed by atoms with van der Waals surface area (Å²) in [5, 5.41) is 17.8. The number of aliphatic hydroxyl groups is 2. The predicted octanol–water partition coefficient (Wildman–Crippen LogP) is 2.17. The number of ether oxygens (including phenoxy) is 1. The number of carbonyl (C=O) groups excluding carboxylic acids is 2. The first-order valence-corrected chi connectivity index (χ1v) is 7.52. The molecule has 0 aromatic rings. The largest absolute Gasteiger partial charge is 0.462 e. The molecule has 5 heteroatoms. The third-order valence-corrected chi connectivity index (χ3v) is 3.20. The summed E-state index contributed by atoms with van der Waals surface area (Å²) in [6.07, 6.45) is 5.03. The van der Waals surface area contributed by atoms with Gasteiger partial charge in [-0.15, -0.1) is 0 Å². The minimum Gasteiger partial charge on any atom is -0.462 e. The van der Waals surface area contributed by atoms with E-state index in [2.05, 4.69) is 6.08 Å². The van der Waals surface area contributed by atoms with Crippen LogP contribution in [-0.4, -0.2) is 41.3 Å². The van der Waals surface area contributed by atoms with Gasteiger partial charge in [0.1, 0.15) is 24.4 Å². The van der Waals surface area contributed by atoms with Crippen molar-refractivity contribution < 1.29 is 24.5 Å². The highest BCUT2D eigenvalue weighted by Crippen LogP contribution is 2.14. The number of hydrogen-bond donors (Lipinski definition) is 2. The Hall–Kier alpha value is -1.46. The Labute approximate surface area is 132 Å². The minimum atomic E-state index is -1.11. The second kappa shape index (κ2) is 11.2. The summed E-state index contributed by atoms with van der Waals surface area (Å²) < 4.78 is 4.85. The molecule has 0 aliphatic rings. The van der Waals surface area contributed by atoms with Crippen LogP contribution in [-0.2, 0) is 14.3 Å². The summed E-state index contributed by atoms with van der Waals surface area (Å²) in [6.45, 7) is 6.62. The molecule has 0 saturated carbocycles. The SMILES string of the molecule is CC(=O)C(CC=C(C)CCC=C(C)C)C(=O)OCC(O)CO. The van der Waals surface area contributed by atoms with Crippen molar-refractivity contribution in [3.63, 3.8) is 0 Å². The fourth-order valence-electron chi connectivity index (χ4n) is 1.77. The summed E-state index contributed by atoms with van der Waals surface area (Å²) in [4.78, 5) is 23.4. The van der Waals surface area contributed by atoms with Crippen molar-refractivity contribution in [1.29, 1.82) is 0 Å². The first-order valence-electron chi connectivity index (χ1n) is 7.52. The van der Waals surface area contributed by atoms with Crippen molar-refractivity contribution >= 4 is 11.8 Å². The van der Waals surface area contributed by atoms with Gasteiger partial charge in [-0.2, -0.15) is 0 Å². The fraction of sp³-hybridized carbons (Fsp3) is 0.647. The highest BCUT2D eigenvalue weighted by Gasteiger charge is 2.24. The van der Waals surface area contributed by atoms with Gasteiger partial charge in [-0.25, -0.2) is 0 Å². The summed E-state index contributed by atoms with van der Waals surface area (Å²) >= 11 is 0. The molecule has 0 bridgehead atoms. The maximum atomic E-state index is 11.8. The molecule has 5 nitrogen and oxygen atoms in total. The van der Waals surface area contributed by atoms with Crippen LogP contribution in [0.2, 0.25) is 0 Å². The van der Waals surface area contributed by atoms with E-state index in [1.807, 2.05) is 26.8 Å². The van der Waals surface area contributed by atoms with Gasteiger partial charge in [0.15, 0.2) is 0 Å². The highest BCUT2D eigenvalue weighted by atomic mass is 16.5. The molecule has 0 aromatic carbocycles. The second-order valence-corrected chi connectivity index (χ2v) is 5.74. The van der Waals surface area contributed by atoms with Gasteiger partial charge in [-0.05, 0) is 47.0 Å². The average Bonchev–Trinajstić information content (AvgIpc) is 2.43. The van der Waals surface area contributed by atoms with Gasteiger partial charge in [-0.1, -0.05) is 23.3 Å². The van der Waals surface area contributed by atoms with Crippen LogP contribution in [0.15, 0.2) is 23.3 Å². The molecule has 0 aromatic heterocycles. The summed E-state index contributed by atoms with van der Waals surface area (Å²) in [5.74, 6) is -1.78. The molecule has 126 valence electrons. The number of rotatable bonds is 10. The standard InChI is InChI=1S/C17H28O5/c1-12(2)6-5-7-13(3)8-9-16(14(4)19)17(21)22-11-15(20)10-18/h6,8,15-16,18,20H,5,7,9-11H2,1-4H3. The summed E-state index contributed by atoms with van der Waals surface area (Å²) in [7, 11) is 0. The van der Waals surface area contributed by atoms with Gasteiger partial charge in [0.05, 0.1) is 6.61 Å². The normalized spacial score (nSPS) is 14.2. The topological polar surface area (TPSA) is 83.8 Å². The van der Waals surface area contributed by atoms with Crippen LogP contribution in [0.1, 0.15) is 47.0 Å². The molecule has 0 spiro atoms. The van der Waals surface area contributed by atoms with Crippen LogP contribution < -0.4 is 0 Å². The minimum absolute atomic E-state index is 0.267. The zero-order chi connectivity index (χ0) is 17.1. The molecule has 0 saturated heterocycles. The second-order valence-electron chi connectivity index (χ2n) is 5.74. The average molecular weight is 312 g/mol. The van der Waals surface area contributed by atoms with Crippen molar-refractivity contribution in [2.75, 3.05) is 13.2 Å².